The molecule has 0 spiro atoms. The number of rotatable bonds is 6. The van der Waals surface area contributed by atoms with Crippen LogP contribution in [0.25, 0.3) is 0 Å². The second-order valence-electron chi connectivity index (χ2n) is 7.89. The number of nitrogens with one attached hydrogen (secondary N) is 1. The van der Waals surface area contributed by atoms with Gasteiger partial charge in [-0.05, 0) is 52.8 Å². The molecule has 12 heteroatoms. The normalized spacial score (nSPS) is 16.8. The molecule has 0 aliphatic carbocycles. The van der Waals surface area contributed by atoms with Gasteiger partial charge in [-0.3, -0.25) is 0 Å². The van der Waals surface area contributed by atoms with Gasteiger partial charge in [0.25, 0.3) is 0 Å². The first-order valence-corrected chi connectivity index (χ1v) is 11.8. The zero-order valence-corrected chi connectivity index (χ0v) is 19.5. The molecule has 0 aliphatic rings. The van der Waals surface area contributed by atoms with E-state index in [0.717, 1.165) is 32.0 Å². The fourth-order valence-electron chi connectivity index (χ4n) is 2.13. The molecule has 1 aromatic rings. The molecule has 5 nitrogen and oxygen atoms in total. The molecular formula is C17H21BrF4N2O3S2. The Kier molecular flexibility index (Phi) is 7.52. The van der Waals surface area contributed by atoms with Gasteiger partial charge in [-0.2, -0.15) is 18.4 Å². The molecule has 0 saturated carbocycles. The van der Waals surface area contributed by atoms with Crippen molar-refractivity contribution in [1.29, 1.82) is 5.26 Å². The van der Waals surface area contributed by atoms with Gasteiger partial charge in [-0.15, -0.1) is 4.72 Å². The van der Waals surface area contributed by atoms with Gasteiger partial charge < -0.3 is 4.55 Å². The molecule has 164 valence electrons. The van der Waals surface area contributed by atoms with Gasteiger partial charge in [-0.1, -0.05) is 15.9 Å². The molecular weight excluding hydrogens is 500 g/mol. The van der Waals surface area contributed by atoms with E-state index in [9.17, 15) is 30.5 Å². The van der Waals surface area contributed by atoms with Crippen molar-refractivity contribution >= 4 is 37.1 Å². The Bertz CT molecular complexity index is 909. The fourth-order valence-corrected chi connectivity index (χ4v) is 4.96. The Morgan fingerprint density at radius 1 is 1.21 bits per heavy atom. The number of alkyl halides is 3. The van der Waals surface area contributed by atoms with Gasteiger partial charge in [0, 0.05) is 21.4 Å². The van der Waals surface area contributed by atoms with Gasteiger partial charge in [-0.25, -0.2) is 12.8 Å². The highest BCUT2D eigenvalue weighted by Gasteiger charge is 2.64. The second-order valence-corrected chi connectivity index (χ2v) is 13.3. The summed E-state index contributed by atoms with van der Waals surface area (Å²) < 4.78 is 94.4. The monoisotopic (exact) mass is 520 g/mol. The Balaban J connectivity index is 3.92. The minimum atomic E-state index is -5.38. The van der Waals surface area contributed by atoms with Crippen LogP contribution in [-0.4, -0.2) is 34.4 Å². The van der Waals surface area contributed by atoms with E-state index in [-0.39, 0.29) is 4.47 Å². The third-order valence-electron chi connectivity index (χ3n) is 4.15. The maximum Gasteiger partial charge on any atom is 0.416 e. The summed E-state index contributed by atoms with van der Waals surface area (Å²) >= 11 is 0.523. The van der Waals surface area contributed by atoms with Gasteiger partial charge in [0.05, 0.1) is 11.8 Å². The van der Waals surface area contributed by atoms with Crippen molar-refractivity contribution in [3.8, 4) is 6.07 Å². The van der Waals surface area contributed by atoms with Crippen LogP contribution >= 0.6 is 15.9 Å². The Labute approximate surface area is 179 Å². The summed E-state index contributed by atoms with van der Waals surface area (Å²) in [7, 11) is -4.78. The van der Waals surface area contributed by atoms with Crippen LogP contribution in [0.1, 0.15) is 40.2 Å². The Hall–Kier alpha value is -0.870. The summed E-state index contributed by atoms with van der Waals surface area (Å²) in [6.45, 7) is 6.02. The zero-order valence-electron chi connectivity index (χ0n) is 16.3. The van der Waals surface area contributed by atoms with Gasteiger partial charge >= 0.3 is 6.18 Å². The minimum absolute atomic E-state index is 0.0582. The first kappa shape index (κ1) is 26.2. The fraction of sp³-hybridized carbons (Fsp3) is 0.588. The lowest BCUT2D eigenvalue weighted by atomic mass is 9.91. The highest BCUT2D eigenvalue weighted by atomic mass is 79.9. The zero-order chi connectivity index (χ0) is 23.1. The van der Waals surface area contributed by atoms with Crippen molar-refractivity contribution in [1.82, 2.24) is 4.72 Å². The van der Waals surface area contributed by atoms with Crippen molar-refractivity contribution in [2.75, 3.05) is 5.75 Å². The highest BCUT2D eigenvalue weighted by Crippen LogP contribution is 2.44. The lowest BCUT2D eigenvalue weighted by Crippen LogP contribution is -2.63. The average Bonchev–Trinajstić information content (AvgIpc) is 2.53. The van der Waals surface area contributed by atoms with Crippen molar-refractivity contribution in [2.45, 2.75) is 55.8 Å². The lowest BCUT2D eigenvalue weighted by Gasteiger charge is -2.39. The van der Waals surface area contributed by atoms with Crippen LogP contribution < -0.4 is 4.72 Å². The highest BCUT2D eigenvalue weighted by molar-refractivity contribution is 9.10. The lowest BCUT2D eigenvalue weighted by molar-refractivity contribution is -0.188. The quantitative estimate of drug-likeness (QED) is 0.449. The third-order valence-corrected chi connectivity index (χ3v) is 8.75. The minimum Gasteiger partial charge on any atom is -0.598 e. The van der Waals surface area contributed by atoms with E-state index in [1.165, 1.54) is 26.8 Å². The summed E-state index contributed by atoms with van der Waals surface area (Å²) in [5.41, 5.74) is -4.61. The molecule has 0 bridgehead atoms. The van der Waals surface area contributed by atoms with Crippen LogP contribution in [0, 0.1) is 17.1 Å². The van der Waals surface area contributed by atoms with E-state index in [1.54, 1.807) is 0 Å². The molecule has 0 radical (unpaired) electrons. The second kappa shape index (κ2) is 8.34. The van der Waals surface area contributed by atoms with Crippen molar-refractivity contribution < 1.29 is 30.5 Å². The predicted octanol–water partition coefficient (Wildman–Crippen LogP) is 4.11. The van der Waals surface area contributed by atoms with Crippen molar-refractivity contribution in [3.63, 3.8) is 0 Å². The van der Waals surface area contributed by atoms with E-state index >= 15 is 0 Å². The maximum absolute atomic E-state index is 14.6. The van der Waals surface area contributed by atoms with E-state index in [2.05, 4.69) is 15.9 Å². The number of halogens is 5. The number of benzene rings is 1. The summed E-state index contributed by atoms with van der Waals surface area (Å²) in [4.78, 5) is 0. The molecule has 29 heavy (non-hydrogen) atoms. The molecule has 0 aromatic heterocycles. The van der Waals surface area contributed by atoms with E-state index in [4.69, 9.17) is 5.26 Å². The molecule has 1 rings (SSSR count). The average molecular weight is 521 g/mol. The maximum atomic E-state index is 14.6. The van der Waals surface area contributed by atoms with E-state index in [0.29, 0.717) is 0 Å². The Morgan fingerprint density at radius 3 is 2.14 bits per heavy atom. The van der Waals surface area contributed by atoms with Crippen LogP contribution in [-0.2, 0) is 26.7 Å². The third kappa shape index (κ3) is 5.44. The summed E-state index contributed by atoms with van der Waals surface area (Å²) in [5, 5.41) is 9.14. The molecule has 2 atom stereocenters. The molecule has 2 unspecified atom stereocenters. The summed E-state index contributed by atoms with van der Waals surface area (Å²) in [6, 6.07) is 4.12. The van der Waals surface area contributed by atoms with Crippen LogP contribution in [0.2, 0.25) is 0 Å². The smallest absolute Gasteiger partial charge is 0.416 e. The first-order chi connectivity index (χ1) is 12.8. The molecule has 0 fully saturated rings. The molecule has 0 saturated heterocycles. The molecule has 1 N–H and O–H groups in total. The van der Waals surface area contributed by atoms with Crippen LogP contribution in [0.5, 0.6) is 0 Å². The van der Waals surface area contributed by atoms with E-state index < -0.39 is 59.5 Å². The van der Waals surface area contributed by atoms with Gasteiger partial charge in [0.2, 0.25) is 0 Å². The van der Waals surface area contributed by atoms with E-state index in [1.807, 2.05) is 4.72 Å². The van der Waals surface area contributed by atoms with Crippen molar-refractivity contribution in [2.24, 2.45) is 0 Å². The summed E-state index contributed by atoms with van der Waals surface area (Å²) in [5.74, 6) is -3.06. The van der Waals surface area contributed by atoms with Gasteiger partial charge in [0.15, 0.2) is 20.1 Å². The number of hydrogen-bond donors (Lipinski definition) is 1. The molecule has 0 heterocycles. The molecule has 0 amide bonds. The standard InChI is InChI=1S/C17H21BrF4N2O3S2/c1-14(2,3)28(25)24-16(17(20,21)22,10-29(26,27)15(4,5)9-23)12-8-11(18)6-7-13(12)19/h6-8,24H,10H2,1-5H3. The largest absolute Gasteiger partial charge is 0.598 e. The number of nitrogens with zero attached hydrogens (tertiary/aromatic N) is 1. The van der Waals surface area contributed by atoms with Crippen molar-refractivity contribution in [3.05, 3.63) is 34.1 Å². The molecule has 0 aliphatic heterocycles. The van der Waals surface area contributed by atoms with Crippen LogP contribution in [0.15, 0.2) is 22.7 Å². The van der Waals surface area contributed by atoms with Gasteiger partial charge in [0.1, 0.15) is 10.6 Å². The predicted molar refractivity (Wildman–Crippen MR) is 106 cm³/mol. The SMILES string of the molecule is CC(C)(C)[S+]([O-])NC(CS(=O)(=O)C(C)(C)C#N)(c1cc(Br)ccc1F)C(F)(F)F. The topological polar surface area (TPSA) is 93.0 Å². The Morgan fingerprint density at radius 2 is 1.72 bits per heavy atom. The molecule has 1 aromatic carbocycles. The first-order valence-electron chi connectivity index (χ1n) is 8.16. The summed E-state index contributed by atoms with van der Waals surface area (Å²) in [6.07, 6.45) is -5.38. The van der Waals surface area contributed by atoms with Crippen LogP contribution in [0.4, 0.5) is 17.6 Å². The number of sulfone groups is 1. The number of nitriles is 1. The van der Waals surface area contributed by atoms with Crippen LogP contribution in [0.3, 0.4) is 0 Å². The number of hydrogen-bond acceptors (Lipinski definition) is 5.